The van der Waals surface area contributed by atoms with Crippen molar-refractivity contribution < 1.29 is 4.79 Å². The van der Waals surface area contributed by atoms with Crippen LogP contribution in [0, 0.1) is 5.92 Å². The second kappa shape index (κ2) is 6.44. The van der Waals surface area contributed by atoms with Gasteiger partial charge in [0.25, 0.3) is 0 Å². The summed E-state index contributed by atoms with van der Waals surface area (Å²) in [5.74, 6) is 1.72. The third-order valence-corrected chi connectivity index (χ3v) is 3.34. The number of hydrogen-bond acceptors (Lipinski definition) is 3. The highest BCUT2D eigenvalue weighted by Gasteiger charge is 2.14. The Morgan fingerprint density at radius 2 is 2.15 bits per heavy atom. The molecule has 1 rings (SSSR count). The Hall–Kier alpha value is -0.0200. The van der Waals surface area contributed by atoms with Gasteiger partial charge in [0, 0.05) is 6.42 Å². The number of carbonyl (C=O) groups is 1. The van der Waals surface area contributed by atoms with Gasteiger partial charge in [0.1, 0.15) is 0 Å². The van der Waals surface area contributed by atoms with Crippen LogP contribution in [0.15, 0.2) is 0 Å². The summed E-state index contributed by atoms with van der Waals surface area (Å²) in [5.41, 5.74) is 0. The molecule has 0 aromatic carbocycles. The van der Waals surface area contributed by atoms with Gasteiger partial charge in [-0.25, -0.2) is 0 Å². The van der Waals surface area contributed by atoms with Crippen LogP contribution in [0.25, 0.3) is 0 Å². The number of nitrogens with one attached hydrogen (secondary N) is 1. The first kappa shape index (κ1) is 11.1. The molecule has 1 aliphatic heterocycles. The van der Waals surface area contributed by atoms with E-state index in [0.29, 0.717) is 5.12 Å². The van der Waals surface area contributed by atoms with Gasteiger partial charge in [-0.05, 0) is 44.0 Å². The predicted molar refractivity (Wildman–Crippen MR) is 58.0 cm³/mol. The van der Waals surface area contributed by atoms with Crippen molar-refractivity contribution >= 4 is 16.9 Å². The quantitative estimate of drug-likeness (QED) is 0.754. The van der Waals surface area contributed by atoms with Gasteiger partial charge in [0.2, 0.25) is 0 Å². The van der Waals surface area contributed by atoms with E-state index in [0.717, 1.165) is 37.6 Å². The molecular weight excluding hydrogens is 182 g/mol. The van der Waals surface area contributed by atoms with Crippen LogP contribution < -0.4 is 5.32 Å². The van der Waals surface area contributed by atoms with E-state index in [2.05, 4.69) is 5.32 Å². The van der Waals surface area contributed by atoms with Gasteiger partial charge in [0.05, 0.1) is 0 Å². The van der Waals surface area contributed by atoms with Crippen molar-refractivity contribution in [2.45, 2.75) is 32.6 Å². The normalized spacial score (nSPS) is 18.8. The molecule has 1 aliphatic rings. The predicted octanol–water partition coefficient (Wildman–Crippen LogP) is 2.05. The molecule has 0 atom stereocenters. The van der Waals surface area contributed by atoms with Crippen LogP contribution in [0.3, 0.4) is 0 Å². The summed E-state index contributed by atoms with van der Waals surface area (Å²) < 4.78 is 0. The zero-order chi connectivity index (χ0) is 9.52. The summed E-state index contributed by atoms with van der Waals surface area (Å²) >= 11 is 1.47. The lowest BCUT2D eigenvalue weighted by atomic mass is 9.93. The number of thioether (sulfide) groups is 1. The molecule has 0 bridgehead atoms. The molecule has 0 saturated carbocycles. The molecule has 13 heavy (non-hydrogen) atoms. The molecular formula is C10H19NOS. The van der Waals surface area contributed by atoms with Crippen LogP contribution in [0.1, 0.15) is 32.6 Å². The maximum atomic E-state index is 11.2. The van der Waals surface area contributed by atoms with Gasteiger partial charge in [-0.3, -0.25) is 4.79 Å². The van der Waals surface area contributed by atoms with Crippen LogP contribution in [-0.4, -0.2) is 24.0 Å². The van der Waals surface area contributed by atoms with Gasteiger partial charge in [-0.2, -0.15) is 0 Å². The van der Waals surface area contributed by atoms with E-state index in [1.54, 1.807) is 0 Å². The zero-order valence-corrected chi connectivity index (χ0v) is 9.16. The maximum absolute atomic E-state index is 11.2. The van der Waals surface area contributed by atoms with Crippen molar-refractivity contribution in [3.05, 3.63) is 0 Å². The fourth-order valence-electron chi connectivity index (χ4n) is 1.73. The number of piperidine rings is 1. The molecule has 76 valence electrons. The van der Waals surface area contributed by atoms with Crippen LogP contribution in [0.4, 0.5) is 0 Å². The van der Waals surface area contributed by atoms with Crippen molar-refractivity contribution in [3.63, 3.8) is 0 Å². The smallest absolute Gasteiger partial charge is 0.188 e. The summed E-state index contributed by atoms with van der Waals surface area (Å²) in [7, 11) is 0. The SMILES string of the molecule is CCSC(=O)CCC1CCNCC1. The molecule has 0 aromatic rings. The summed E-state index contributed by atoms with van der Waals surface area (Å²) in [5, 5.41) is 3.71. The minimum absolute atomic E-state index is 0.376. The molecule has 0 aliphatic carbocycles. The minimum Gasteiger partial charge on any atom is -0.317 e. The molecule has 0 spiro atoms. The molecule has 0 aromatic heterocycles. The average molecular weight is 201 g/mol. The number of carbonyl (C=O) groups excluding carboxylic acids is 1. The highest BCUT2D eigenvalue weighted by Crippen LogP contribution is 2.19. The van der Waals surface area contributed by atoms with Crippen molar-refractivity contribution in [2.75, 3.05) is 18.8 Å². The highest BCUT2D eigenvalue weighted by atomic mass is 32.2. The van der Waals surface area contributed by atoms with Gasteiger partial charge in [-0.15, -0.1) is 0 Å². The van der Waals surface area contributed by atoms with Gasteiger partial charge < -0.3 is 5.32 Å². The highest BCUT2D eigenvalue weighted by molar-refractivity contribution is 8.13. The fourth-order valence-corrected chi connectivity index (χ4v) is 2.31. The van der Waals surface area contributed by atoms with E-state index in [-0.39, 0.29) is 0 Å². The Balaban J connectivity index is 2.06. The zero-order valence-electron chi connectivity index (χ0n) is 8.34. The lowest BCUT2D eigenvalue weighted by Crippen LogP contribution is -2.27. The lowest BCUT2D eigenvalue weighted by Gasteiger charge is -2.21. The average Bonchev–Trinajstić information content (AvgIpc) is 2.17. The van der Waals surface area contributed by atoms with Gasteiger partial charge in [-0.1, -0.05) is 18.7 Å². The van der Waals surface area contributed by atoms with E-state index >= 15 is 0 Å². The molecule has 3 heteroatoms. The van der Waals surface area contributed by atoms with E-state index in [1.165, 1.54) is 24.6 Å². The Kier molecular flexibility index (Phi) is 5.47. The molecule has 1 heterocycles. The molecule has 0 radical (unpaired) electrons. The summed E-state index contributed by atoms with van der Waals surface area (Å²) in [6.07, 6.45) is 4.39. The standard InChI is InChI=1S/C10H19NOS/c1-2-13-10(12)4-3-9-5-7-11-8-6-9/h9,11H,2-8H2,1H3. The Labute approximate surface area is 84.9 Å². The van der Waals surface area contributed by atoms with Crippen molar-refractivity contribution in [1.29, 1.82) is 0 Å². The molecule has 1 N–H and O–H groups in total. The van der Waals surface area contributed by atoms with E-state index in [4.69, 9.17) is 0 Å². The lowest BCUT2D eigenvalue weighted by molar-refractivity contribution is -0.111. The van der Waals surface area contributed by atoms with Gasteiger partial charge >= 0.3 is 0 Å². The van der Waals surface area contributed by atoms with Crippen LogP contribution in [-0.2, 0) is 4.79 Å². The Morgan fingerprint density at radius 3 is 2.77 bits per heavy atom. The fraction of sp³-hybridized carbons (Fsp3) is 0.900. The van der Waals surface area contributed by atoms with Crippen molar-refractivity contribution in [3.8, 4) is 0 Å². The van der Waals surface area contributed by atoms with Crippen LogP contribution in [0.2, 0.25) is 0 Å². The first-order valence-corrected chi connectivity index (χ1v) is 6.18. The first-order chi connectivity index (χ1) is 6.33. The third kappa shape index (κ3) is 4.67. The maximum Gasteiger partial charge on any atom is 0.188 e. The van der Waals surface area contributed by atoms with Gasteiger partial charge in [0.15, 0.2) is 5.12 Å². The molecule has 1 saturated heterocycles. The molecule has 0 unspecified atom stereocenters. The monoisotopic (exact) mass is 201 g/mol. The third-order valence-electron chi connectivity index (χ3n) is 2.52. The van der Waals surface area contributed by atoms with E-state index < -0.39 is 0 Å². The second-order valence-electron chi connectivity index (χ2n) is 3.54. The summed E-state index contributed by atoms with van der Waals surface area (Å²) in [4.78, 5) is 11.2. The van der Waals surface area contributed by atoms with Crippen molar-refractivity contribution in [2.24, 2.45) is 5.92 Å². The number of hydrogen-bond donors (Lipinski definition) is 1. The Bertz CT molecular complexity index is 155. The number of rotatable bonds is 4. The van der Waals surface area contributed by atoms with Crippen LogP contribution in [0.5, 0.6) is 0 Å². The van der Waals surface area contributed by atoms with Crippen LogP contribution >= 0.6 is 11.8 Å². The first-order valence-electron chi connectivity index (χ1n) is 5.19. The topological polar surface area (TPSA) is 29.1 Å². The van der Waals surface area contributed by atoms with E-state index in [9.17, 15) is 4.79 Å². The Morgan fingerprint density at radius 1 is 1.46 bits per heavy atom. The molecule has 2 nitrogen and oxygen atoms in total. The molecule has 1 fully saturated rings. The summed E-state index contributed by atoms with van der Waals surface area (Å²) in [6.45, 7) is 4.31. The summed E-state index contributed by atoms with van der Waals surface area (Å²) in [6, 6.07) is 0. The van der Waals surface area contributed by atoms with Crippen molar-refractivity contribution in [1.82, 2.24) is 5.32 Å². The second-order valence-corrected chi connectivity index (χ2v) is 4.86. The van der Waals surface area contributed by atoms with E-state index in [1.807, 2.05) is 6.92 Å². The minimum atomic E-state index is 0.376. The largest absolute Gasteiger partial charge is 0.317 e. The molecule has 0 amide bonds.